The number of carbonyl (C=O) groups is 1. The number of nitrogens with zero attached hydrogens (tertiary/aromatic N) is 1. The fourth-order valence-electron chi connectivity index (χ4n) is 2.81. The summed E-state index contributed by atoms with van der Waals surface area (Å²) < 4.78 is 0. The van der Waals surface area contributed by atoms with Gasteiger partial charge in [0.05, 0.1) is 11.6 Å². The van der Waals surface area contributed by atoms with Gasteiger partial charge >= 0.3 is 0 Å². The number of nitrogen functional groups attached to an aromatic ring is 1. The predicted octanol–water partition coefficient (Wildman–Crippen LogP) is 1.83. The number of aliphatic hydroxyl groups is 1. The summed E-state index contributed by atoms with van der Waals surface area (Å²) in [6.07, 6.45) is 3.78. The Bertz CT molecular complexity index is 481. The van der Waals surface area contributed by atoms with E-state index < -0.39 is 5.60 Å². The fraction of sp³-hybridized carbons (Fsp3) is 0.562. The van der Waals surface area contributed by atoms with Gasteiger partial charge in [-0.1, -0.05) is 12.8 Å². The Hall–Kier alpha value is -1.59. The van der Waals surface area contributed by atoms with Crippen molar-refractivity contribution in [1.82, 2.24) is 4.90 Å². The molecule has 1 amide bonds. The van der Waals surface area contributed by atoms with Gasteiger partial charge in [0.15, 0.2) is 0 Å². The van der Waals surface area contributed by atoms with E-state index in [0.29, 0.717) is 12.2 Å². The molecule has 1 aromatic carbocycles. The molecule has 1 unspecified atom stereocenters. The first kappa shape index (κ1) is 15.8. The Morgan fingerprint density at radius 2 is 1.95 bits per heavy atom. The number of nitrogens with two attached hydrogens (primary N) is 1. The molecule has 0 heterocycles. The van der Waals surface area contributed by atoms with E-state index in [1.807, 2.05) is 18.9 Å². The quantitative estimate of drug-likeness (QED) is 0.723. The fourth-order valence-corrected chi connectivity index (χ4v) is 2.81. The third-order valence-electron chi connectivity index (χ3n) is 4.30. The van der Waals surface area contributed by atoms with E-state index in [9.17, 15) is 9.90 Å². The SMILES string of the molecule is CC(C(=O)Nc1ccc(N)cc1)N(C)CC1(O)CCCC1. The molecule has 1 atom stereocenters. The van der Waals surface area contributed by atoms with Crippen molar-refractivity contribution in [2.24, 2.45) is 0 Å². The molecule has 1 saturated carbocycles. The Kier molecular flexibility index (Phi) is 4.85. The number of hydrogen-bond acceptors (Lipinski definition) is 4. The molecule has 5 heteroatoms. The molecule has 0 aliphatic heterocycles. The third-order valence-corrected chi connectivity index (χ3v) is 4.30. The zero-order valence-electron chi connectivity index (χ0n) is 12.8. The first-order valence-corrected chi connectivity index (χ1v) is 7.49. The maximum atomic E-state index is 12.3. The molecule has 1 aliphatic carbocycles. The Labute approximate surface area is 126 Å². The number of benzene rings is 1. The first-order valence-electron chi connectivity index (χ1n) is 7.49. The van der Waals surface area contributed by atoms with Gasteiger partial charge < -0.3 is 16.2 Å². The summed E-state index contributed by atoms with van der Waals surface area (Å²) >= 11 is 0. The number of nitrogens with one attached hydrogen (secondary N) is 1. The predicted molar refractivity (Wildman–Crippen MR) is 85.0 cm³/mol. The van der Waals surface area contributed by atoms with Crippen molar-refractivity contribution in [3.63, 3.8) is 0 Å². The molecule has 2 rings (SSSR count). The second-order valence-electron chi connectivity index (χ2n) is 6.13. The van der Waals surface area contributed by atoms with Crippen LogP contribution in [0.5, 0.6) is 0 Å². The monoisotopic (exact) mass is 291 g/mol. The van der Waals surface area contributed by atoms with Crippen LogP contribution in [0.15, 0.2) is 24.3 Å². The molecule has 0 saturated heterocycles. The highest BCUT2D eigenvalue weighted by atomic mass is 16.3. The molecule has 116 valence electrons. The summed E-state index contributed by atoms with van der Waals surface area (Å²) in [6, 6.07) is 6.78. The second-order valence-corrected chi connectivity index (χ2v) is 6.13. The number of hydrogen-bond donors (Lipinski definition) is 3. The van der Waals surface area contributed by atoms with Gasteiger partial charge in [0, 0.05) is 17.9 Å². The molecule has 1 aliphatic rings. The zero-order chi connectivity index (χ0) is 15.5. The molecule has 0 aromatic heterocycles. The normalized spacial score (nSPS) is 18.7. The minimum atomic E-state index is -0.634. The molecule has 5 nitrogen and oxygen atoms in total. The lowest BCUT2D eigenvalue weighted by atomic mass is 10.0. The van der Waals surface area contributed by atoms with Gasteiger partial charge in [-0.2, -0.15) is 0 Å². The van der Waals surface area contributed by atoms with Gasteiger partial charge in [-0.3, -0.25) is 9.69 Å². The van der Waals surface area contributed by atoms with E-state index in [0.717, 1.165) is 31.4 Å². The number of rotatable bonds is 5. The average Bonchev–Trinajstić information content (AvgIpc) is 2.86. The second kappa shape index (κ2) is 6.45. The molecule has 4 N–H and O–H groups in total. The lowest BCUT2D eigenvalue weighted by Gasteiger charge is -2.31. The van der Waals surface area contributed by atoms with E-state index in [1.165, 1.54) is 0 Å². The Morgan fingerprint density at radius 3 is 2.52 bits per heavy atom. The van der Waals surface area contributed by atoms with Gasteiger partial charge in [-0.15, -0.1) is 0 Å². The Balaban J connectivity index is 1.90. The summed E-state index contributed by atoms with van der Waals surface area (Å²) in [5, 5.41) is 13.3. The molecular weight excluding hydrogens is 266 g/mol. The Morgan fingerprint density at radius 1 is 1.38 bits per heavy atom. The highest BCUT2D eigenvalue weighted by Gasteiger charge is 2.34. The maximum absolute atomic E-state index is 12.3. The molecule has 0 spiro atoms. The van der Waals surface area contributed by atoms with Crippen molar-refractivity contribution < 1.29 is 9.90 Å². The topological polar surface area (TPSA) is 78.6 Å². The standard InChI is InChI=1S/C16H25N3O2/c1-12(19(2)11-16(21)9-3-4-10-16)15(20)18-14-7-5-13(17)6-8-14/h5-8,12,21H,3-4,9-11,17H2,1-2H3,(H,18,20). The van der Waals surface area contributed by atoms with Crippen LogP contribution in [0.1, 0.15) is 32.6 Å². The largest absolute Gasteiger partial charge is 0.399 e. The van der Waals surface area contributed by atoms with Crippen LogP contribution in [0, 0.1) is 0 Å². The third kappa shape index (κ3) is 4.19. The van der Waals surface area contributed by atoms with Crippen LogP contribution in [-0.4, -0.2) is 41.1 Å². The first-order chi connectivity index (χ1) is 9.89. The van der Waals surface area contributed by atoms with Crippen molar-refractivity contribution >= 4 is 17.3 Å². The summed E-state index contributed by atoms with van der Waals surface area (Å²) in [5.41, 5.74) is 6.39. The van der Waals surface area contributed by atoms with Crippen molar-refractivity contribution in [2.75, 3.05) is 24.6 Å². The molecule has 0 bridgehead atoms. The molecule has 0 radical (unpaired) electrons. The van der Waals surface area contributed by atoms with Crippen molar-refractivity contribution in [1.29, 1.82) is 0 Å². The van der Waals surface area contributed by atoms with Gasteiger partial charge in [-0.05, 0) is 51.1 Å². The van der Waals surface area contributed by atoms with Crippen LogP contribution in [0.4, 0.5) is 11.4 Å². The molecule has 1 aromatic rings. The lowest BCUT2D eigenvalue weighted by Crippen LogP contribution is -2.47. The van der Waals surface area contributed by atoms with Crippen LogP contribution in [0.2, 0.25) is 0 Å². The van der Waals surface area contributed by atoms with E-state index in [4.69, 9.17) is 5.73 Å². The number of amides is 1. The number of likely N-dealkylation sites (N-methyl/N-ethyl adjacent to an activating group) is 1. The van der Waals surface area contributed by atoms with Crippen LogP contribution >= 0.6 is 0 Å². The molecule has 1 fully saturated rings. The average molecular weight is 291 g/mol. The smallest absolute Gasteiger partial charge is 0.241 e. The highest BCUT2D eigenvalue weighted by molar-refractivity contribution is 5.94. The zero-order valence-corrected chi connectivity index (χ0v) is 12.8. The van der Waals surface area contributed by atoms with Crippen LogP contribution in [0.25, 0.3) is 0 Å². The molecular formula is C16H25N3O2. The number of anilines is 2. The minimum Gasteiger partial charge on any atom is -0.399 e. The van der Waals surface area contributed by atoms with Crippen LogP contribution < -0.4 is 11.1 Å². The van der Waals surface area contributed by atoms with Gasteiger partial charge in [0.2, 0.25) is 5.91 Å². The van der Waals surface area contributed by atoms with Gasteiger partial charge in [-0.25, -0.2) is 0 Å². The number of carbonyl (C=O) groups excluding carboxylic acids is 1. The van der Waals surface area contributed by atoms with Gasteiger partial charge in [0.25, 0.3) is 0 Å². The van der Waals surface area contributed by atoms with E-state index in [2.05, 4.69) is 5.32 Å². The lowest BCUT2D eigenvalue weighted by molar-refractivity contribution is -0.121. The van der Waals surface area contributed by atoms with Crippen molar-refractivity contribution in [3.8, 4) is 0 Å². The summed E-state index contributed by atoms with van der Waals surface area (Å²) in [6.45, 7) is 2.38. The van der Waals surface area contributed by atoms with E-state index in [-0.39, 0.29) is 11.9 Å². The van der Waals surface area contributed by atoms with Crippen LogP contribution in [-0.2, 0) is 4.79 Å². The maximum Gasteiger partial charge on any atom is 0.241 e. The van der Waals surface area contributed by atoms with Crippen molar-refractivity contribution in [3.05, 3.63) is 24.3 Å². The summed E-state index contributed by atoms with van der Waals surface area (Å²) in [7, 11) is 1.88. The van der Waals surface area contributed by atoms with E-state index >= 15 is 0 Å². The summed E-state index contributed by atoms with van der Waals surface area (Å²) in [5.74, 6) is -0.0798. The van der Waals surface area contributed by atoms with Crippen molar-refractivity contribution in [2.45, 2.75) is 44.2 Å². The van der Waals surface area contributed by atoms with Gasteiger partial charge in [0.1, 0.15) is 0 Å². The van der Waals surface area contributed by atoms with E-state index in [1.54, 1.807) is 24.3 Å². The minimum absolute atomic E-state index is 0.0798. The highest BCUT2D eigenvalue weighted by Crippen LogP contribution is 2.30. The summed E-state index contributed by atoms with van der Waals surface area (Å²) in [4.78, 5) is 14.2. The molecule has 21 heavy (non-hydrogen) atoms. The van der Waals surface area contributed by atoms with Crippen LogP contribution in [0.3, 0.4) is 0 Å².